The molecule has 0 bridgehead atoms. The summed E-state index contributed by atoms with van der Waals surface area (Å²) in [6.45, 7) is 8.90. The third-order valence-corrected chi connectivity index (χ3v) is 9.10. The summed E-state index contributed by atoms with van der Waals surface area (Å²) in [6, 6.07) is 0. The first-order valence-electron chi connectivity index (χ1n) is 20.5. The fourth-order valence-electron chi connectivity index (χ4n) is 6.04. The first kappa shape index (κ1) is 45.6. The van der Waals surface area contributed by atoms with Gasteiger partial charge in [-0.1, -0.05) is 128 Å². The Morgan fingerprint density at radius 2 is 1.12 bits per heavy atom. The number of rotatable bonds is 36. The first-order valence-corrected chi connectivity index (χ1v) is 20.5. The number of allylic oxidation sites excluding steroid dienone is 2. The second-order valence-corrected chi connectivity index (χ2v) is 13.9. The number of hydrogen-bond acceptors (Lipinski definition) is 7. The van der Waals surface area contributed by atoms with Crippen LogP contribution in [0, 0.1) is 0 Å². The van der Waals surface area contributed by atoms with Crippen LogP contribution in [0.1, 0.15) is 174 Å². The SMILES string of the molecule is CCCCCC/C=C\COC(=O)CCCCCCCCN(CCCCCCCCC(=O)OC/C=C\CCCCCC)Cc1cnn(CCO)c1. The highest BCUT2D eigenvalue weighted by Crippen LogP contribution is 2.13. The molecular weight excluding hydrogens is 626 g/mol. The van der Waals surface area contributed by atoms with Gasteiger partial charge >= 0.3 is 11.9 Å². The van der Waals surface area contributed by atoms with Crippen LogP contribution in [0.25, 0.3) is 0 Å². The van der Waals surface area contributed by atoms with Gasteiger partial charge in [0.05, 0.1) is 19.3 Å². The van der Waals surface area contributed by atoms with Gasteiger partial charge in [-0.3, -0.25) is 19.2 Å². The van der Waals surface area contributed by atoms with E-state index < -0.39 is 0 Å². The molecule has 1 aromatic rings. The number of aromatic nitrogens is 2. The predicted octanol–water partition coefficient (Wildman–Crippen LogP) is 10.3. The van der Waals surface area contributed by atoms with E-state index in [1.807, 2.05) is 23.0 Å². The summed E-state index contributed by atoms with van der Waals surface area (Å²) in [7, 11) is 0. The molecule has 1 heterocycles. The molecule has 1 N–H and O–H groups in total. The molecule has 1 aromatic heterocycles. The Kier molecular flexibility index (Phi) is 31.9. The summed E-state index contributed by atoms with van der Waals surface area (Å²) in [4.78, 5) is 26.5. The van der Waals surface area contributed by atoms with Gasteiger partial charge in [-0.05, 0) is 64.5 Å². The molecule has 0 aliphatic carbocycles. The number of unbranched alkanes of at least 4 members (excludes halogenated alkanes) is 18. The van der Waals surface area contributed by atoms with Gasteiger partial charge in [-0.25, -0.2) is 0 Å². The van der Waals surface area contributed by atoms with Crippen LogP contribution in [0.5, 0.6) is 0 Å². The molecule has 288 valence electrons. The summed E-state index contributed by atoms with van der Waals surface area (Å²) in [5.74, 6) is -0.156. The molecule has 0 fully saturated rings. The summed E-state index contributed by atoms with van der Waals surface area (Å²) in [5, 5.41) is 13.6. The molecule has 8 nitrogen and oxygen atoms in total. The Bertz CT molecular complexity index is 922. The Labute approximate surface area is 306 Å². The number of nitrogens with zero attached hydrogens (tertiary/aromatic N) is 3. The van der Waals surface area contributed by atoms with E-state index in [1.54, 1.807) is 0 Å². The van der Waals surface area contributed by atoms with Gasteiger partial charge in [0.15, 0.2) is 0 Å². The number of aliphatic hydroxyl groups is 1. The number of hydrogen-bond donors (Lipinski definition) is 1. The molecule has 0 radical (unpaired) electrons. The zero-order valence-electron chi connectivity index (χ0n) is 32.3. The van der Waals surface area contributed by atoms with Crippen molar-refractivity contribution in [3.8, 4) is 0 Å². The van der Waals surface area contributed by atoms with Crippen LogP contribution in [0.15, 0.2) is 36.7 Å². The molecule has 0 saturated carbocycles. The van der Waals surface area contributed by atoms with Gasteiger partial charge in [-0.2, -0.15) is 5.10 Å². The molecular formula is C42H75N3O5. The number of esters is 2. The molecule has 0 aromatic carbocycles. The molecule has 0 atom stereocenters. The maximum atomic E-state index is 12.0. The minimum Gasteiger partial charge on any atom is -0.461 e. The van der Waals surface area contributed by atoms with Crippen LogP contribution in [0.3, 0.4) is 0 Å². The molecule has 0 aliphatic rings. The zero-order valence-corrected chi connectivity index (χ0v) is 32.3. The van der Waals surface area contributed by atoms with Crippen molar-refractivity contribution in [1.82, 2.24) is 14.7 Å². The van der Waals surface area contributed by atoms with Crippen molar-refractivity contribution in [2.75, 3.05) is 32.9 Å². The van der Waals surface area contributed by atoms with Gasteiger partial charge in [0.25, 0.3) is 0 Å². The fourth-order valence-corrected chi connectivity index (χ4v) is 6.04. The van der Waals surface area contributed by atoms with Crippen molar-refractivity contribution in [3.05, 3.63) is 42.3 Å². The van der Waals surface area contributed by atoms with E-state index in [2.05, 4.69) is 42.2 Å². The first-order chi connectivity index (χ1) is 24.6. The maximum Gasteiger partial charge on any atom is 0.306 e. The Hall–Kier alpha value is -2.45. The molecule has 0 aliphatic heterocycles. The van der Waals surface area contributed by atoms with E-state index in [-0.39, 0.29) is 18.5 Å². The highest BCUT2D eigenvalue weighted by molar-refractivity contribution is 5.69. The number of ether oxygens (including phenoxy) is 2. The molecule has 50 heavy (non-hydrogen) atoms. The molecule has 8 heteroatoms. The minimum absolute atomic E-state index is 0.0782. The van der Waals surface area contributed by atoms with Crippen molar-refractivity contribution in [2.45, 2.75) is 181 Å². The smallest absolute Gasteiger partial charge is 0.306 e. The van der Waals surface area contributed by atoms with E-state index in [0.29, 0.717) is 32.6 Å². The number of aliphatic hydroxyl groups excluding tert-OH is 1. The lowest BCUT2D eigenvalue weighted by atomic mass is 10.1. The average molecular weight is 702 g/mol. The third kappa shape index (κ3) is 29.3. The van der Waals surface area contributed by atoms with E-state index in [9.17, 15) is 14.7 Å². The summed E-state index contributed by atoms with van der Waals surface area (Å²) in [6.07, 6.45) is 38.9. The quantitative estimate of drug-likeness (QED) is 0.0423. The van der Waals surface area contributed by atoms with Gasteiger partial charge in [-0.15, -0.1) is 0 Å². The second-order valence-electron chi connectivity index (χ2n) is 13.9. The molecule has 0 spiro atoms. The summed E-state index contributed by atoms with van der Waals surface area (Å²) >= 11 is 0. The van der Waals surface area contributed by atoms with Gasteiger partial charge in [0, 0.05) is 31.1 Å². The Morgan fingerprint density at radius 1 is 0.660 bits per heavy atom. The Morgan fingerprint density at radius 3 is 1.60 bits per heavy atom. The number of carbonyl (C=O) groups is 2. The highest BCUT2D eigenvalue weighted by atomic mass is 16.5. The van der Waals surface area contributed by atoms with E-state index in [0.717, 1.165) is 71.0 Å². The molecule has 1 rings (SSSR count). The highest BCUT2D eigenvalue weighted by Gasteiger charge is 2.09. The van der Waals surface area contributed by atoms with Gasteiger partial charge in [0.2, 0.25) is 0 Å². The van der Waals surface area contributed by atoms with Gasteiger partial charge in [0.1, 0.15) is 13.2 Å². The standard InChI is InChI=1S/C42H75N3O5/c1-3-5-7-9-15-21-27-35-49-41(47)29-23-17-11-13-19-25-31-44(38-40-37-43-45(39-40)33-34-46)32-26-20-14-12-18-24-30-42(48)50-36-28-22-16-10-8-6-4-2/h21-22,27-28,37,39,46H,3-20,23-26,29-36,38H2,1-2H3/b27-21-,28-22-. The Balaban J connectivity index is 2.16. The lowest BCUT2D eigenvalue weighted by Crippen LogP contribution is -2.25. The molecule has 0 amide bonds. The van der Waals surface area contributed by atoms with E-state index in [1.165, 1.54) is 95.5 Å². The maximum absolute atomic E-state index is 12.0. The topological polar surface area (TPSA) is 93.9 Å². The normalized spacial score (nSPS) is 11.8. The monoisotopic (exact) mass is 702 g/mol. The third-order valence-electron chi connectivity index (χ3n) is 9.10. The van der Waals surface area contributed by atoms with Crippen LogP contribution in [0.4, 0.5) is 0 Å². The van der Waals surface area contributed by atoms with Crippen LogP contribution >= 0.6 is 0 Å². The zero-order chi connectivity index (χ0) is 36.2. The summed E-state index contributed by atoms with van der Waals surface area (Å²) < 4.78 is 12.5. The second kappa shape index (κ2) is 35.0. The van der Waals surface area contributed by atoms with Crippen LogP contribution < -0.4 is 0 Å². The average Bonchev–Trinajstić information content (AvgIpc) is 3.55. The lowest BCUT2D eigenvalue weighted by molar-refractivity contribution is -0.143. The van der Waals surface area contributed by atoms with Crippen molar-refractivity contribution in [1.29, 1.82) is 0 Å². The van der Waals surface area contributed by atoms with Crippen LogP contribution in [-0.4, -0.2) is 64.6 Å². The minimum atomic E-state index is -0.0782. The van der Waals surface area contributed by atoms with Crippen LogP contribution in [-0.2, 0) is 32.2 Å². The number of carbonyl (C=O) groups excluding carboxylic acids is 2. The van der Waals surface area contributed by atoms with Crippen molar-refractivity contribution in [3.63, 3.8) is 0 Å². The summed E-state index contributed by atoms with van der Waals surface area (Å²) in [5.41, 5.74) is 1.20. The van der Waals surface area contributed by atoms with Crippen molar-refractivity contribution in [2.24, 2.45) is 0 Å². The predicted molar refractivity (Wildman–Crippen MR) is 207 cm³/mol. The van der Waals surface area contributed by atoms with E-state index in [4.69, 9.17) is 9.47 Å². The molecule has 0 unspecified atom stereocenters. The van der Waals surface area contributed by atoms with Crippen molar-refractivity contribution >= 4 is 11.9 Å². The largest absolute Gasteiger partial charge is 0.461 e. The van der Waals surface area contributed by atoms with Gasteiger partial charge < -0.3 is 14.6 Å². The molecule has 0 saturated heterocycles. The van der Waals surface area contributed by atoms with Crippen molar-refractivity contribution < 1.29 is 24.2 Å². The van der Waals surface area contributed by atoms with E-state index >= 15 is 0 Å². The van der Waals surface area contributed by atoms with Crippen LogP contribution in [0.2, 0.25) is 0 Å². The lowest BCUT2D eigenvalue weighted by Gasteiger charge is -2.21. The fraction of sp³-hybridized carbons (Fsp3) is 0.786.